The summed E-state index contributed by atoms with van der Waals surface area (Å²) < 4.78 is 7.67. The number of fused-ring (bicyclic) bond motifs is 3. The third-order valence-corrected chi connectivity index (χ3v) is 6.04. The van der Waals surface area contributed by atoms with E-state index in [9.17, 15) is 4.79 Å². The number of hydrogen-bond acceptors (Lipinski definition) is 5. The molecule has 0 bridgehead atoms. The van der Waals surface area contributed by atoms with E-state index in [1.807, 2.05) is 61.6 Å². The van der Waals surface area contributed by atoms with E-state index in [0.29, 0.717) is 13.0 Å². The van der Waals surface area contributed by atoms with Gasteiger partial charge < -0.3 is 9.73 Å². The number of benzene rings is 1. The molecule has 1 unspecified atom stereocenters. The summed E-state index contributed by atoms with van der Waals surface area (Å²) in [5.41, 5.74) is 4.95. The molecular formula is C21H22N4O2S. The number of furan rings is 1. The SMILES string of the molecule is CCC(Sc1nncn2c1cc1oc(C)cc12)C(=O)NCc1ccc(C)cc1. The third kappa shape index (κ3) is 3.62. The Labute approximate surface area is 167 Å². The summed E-state index contributed by atoms with van der Waals surface area (Å²) in [5, 5.41) is 11.9. The lowest BCUT2D eigenvalue weighted by Gasteiger charge is -2.14. The van der Waals surface area contributed by atoms with Crippen LogP contribution in [0.5, 0.6) is 0 Å². The molecule has 4 aromatic rings. The molecule has 0 fully saturated rings. The van der Waals surface area contributed by atoms with Gasteiger partial charge >= 0.3 is 0 Å². The summed E-state index contributed by atoms with van der Waals surface area (Å²) in [6, 6.07) is 12.1. The van der Waals surface area contributed by atoms with Gasteiger partial charge in [-0.1, -0.05) is 48.5 Å². The lowest BCUT2D eigenvalue weighted by atomic mass is 10.1. The number of hydrogen-bond donors (Lipinski definition) is 1. The van der Waals surface area contributed by atoms with Crippen LogP contribution in [0.4, 0.5) is 0 Å². The number of aryl methyl sites for hydroxylation is 2. The molecule has 28 heavy (non-hydrogen) atoms. The molecule has 0 spiro atoms. The highest BCUT2D eigenvalue weighted by molar-refractivity contribution is 8.00. The van der Waals surface area contributed by atoms with Crippen LogP contribution in [0.2, 0.25) is 0 Å². The Kier molecular flexibility index (Phi) is 5.09. The predicted octanol–water partition coefficient (Wildman–Crippen LogP) is 4.28. The summed E-state index contributed by atoms with van der Waals surface area (Å²) in [6.07, 6.45) is 2.37. The second kappa shape index (κ2) is 7.67. The van der Waals surface area contributed by atoms with Crippen LogP contribution >= 0.6 is 11.8 Å². The normalized spacial score (nSPS) is 12.5. The van der Waals surface area contributed by atoms with Gasteiger partial charge in [0.25, 0.3) is 0 Å². The topological polar surface area (TPSA) is 72.4 Å². The molecule has 6 nitrogen and oxygen atoms in total. The van der Waals surface area contributed by atoms with E-state index in [0.717, 1.165) is 33.0 Å². The molecule has 0 saturated carbocycles. The number of aromatic nitrogens is 3. The van der Waals surface area contributed by atoms with E-state index in [4.69, 9.17) is 4.42 Å². The fourth-order valence-corrected chi connectivity index (χ4v) is 4.15. The number of rotatable bonds is 6. The highest BCUT2D eigenvalue weighted by Gasteiger charge is 2.21. The number of carbonyl (C=O) groups excluding carboxylic acids is 1. The van der Waals surface area contributed by atoms with E-state index >= 15 is 0 Å². The van der Waals surface area contributed by atoms with E-state index in [-0.39, 0.29) is 11.2 Å². The van der Waals surface area contributed by atoms with E-state index in [2.05, 4.69) is 15.5 Å². The molecule has 0 saturated heterocycles. The van der Waals surface area contributed by atoms with Crippen molar-refractivity contribution >= 4 is 34.3 Å². The summed E-state index contributed by atoms with van der Waals surface area (Å²) in [5.74, 6) is 0.857. The predicted molar refractivity (Wildman–Crippen MR) is 110 cm³/mol. The molecule has 3 aromatic heterocycles. The minimum Gasteiger partial charge on any atom is -0.460 e. The minimum atomic E-state index is -0.242. The van der Waals surface area contributed by atoms with Crippen molar-refractivity contribution in [3.63, 3.8) is 0 Å². The highest BCUT2D eigenvalue weighted by Crippen LogP contribution is 2.31. The summed E-state index contributed by atoms with van der Waals surface area (Å²) >= 11 is 1.44. The average Bonchev–Trinajstić information content (AvgIpc) is 3.22. The van der Waals surface area contributed by atoms with Gasteiger partial charge in [0.1, 0.15) is 17.1 Å². The summed E-state index contributed by atoms with van der Waals surface area (Å²) in [7, 11) is 0. The lowest BCUT2D eigenvalue weighted by Crippen LogP contribution is -2.32. The van der Waals surface area contributed by atoms with Crippen molar-refractivity contribution in [3.05, 3.63) is 59.6 Å². The largest absolute Gasteiger partial charge is 0.460 e. The first-order valence-electron chi connectivity index (χ1n) is 9.28. The second-order valence-electron chi connectivity index (χ2n) is 6.86. The maximum absolute atomic E-state index is 12.7. The molecule has 1 N–H and O–H groups in total. The Balaban J connectivity index is 1.51. The number of thioether (sulfide) groups is 1. The van der Waals surface area contributed by atoms with Gasteiger partial charge in [0, 0.05) is 18.7 Å². The van der Waals surface area contributed by atoms with E-state index < -0.39 is 0 Å². The van der Waals surface area contributed by atoms with Crippen LogP contribution in [0.25, 0.3) is 16.6 Å². The van der Waals surface area contributed by atoms with Gasteiger partial charge in [0.05, 0.1) is 16.3 Å². The molecule has 0 aliphatic rings. The zero-order valence-electron chi connectivity index (χ0n) is 16.1. The van der Waals surface area contributed by atoms with Crippen molar-refractivity contribution in [2.75, 3.05) is 0 Å². The Morgan fingerprint density at radius 2 is 2.00 bits per heavy atom. The fraction of sp³-hybridized carbons (Fsp3) is 0.286. The maximum Gasteiger partial charge on any atom is 0.233 e. The van der Waals surface area contributed by atoms with Crippen molar-refractivity contribution in [2.24, 2.45) is 0 Å². The second-order valence-corrected chi connectivity index (χ2v) is 8.05. The minimum absolute atomic E-state index is 0.00275. The van der Waals surface area contributed by atoms with Gasteiger partial charge in [-0.05, 0) is 25.8 Å². The molecule has 1 amide bonds. The van der Waals surface area contributed by atoms with Crippen LogP contribution in [0.3, 0.4) is 0 Å². The highest BCUT2D eigenvalue weighted by atomic mass is 32.2. The molecule has 0 aliphatic heterocycles. The molecular weight excluding hydrogens is 372 g/mol. The van der Waals surface area contributed by atoms with E-state index in [1.54, 1.807) is 6.33 Å². The Hall–Kier alpha value is -2.80. The van der Waals surface area contributed by atoms with Crippen molar-refractivity contribution in [2.45, 2.75) is 44.0 Å². The van der Waals surface area contributed by atoms with Crippen molar-refractivity contribution < 1.29 is 9.21 Å². The first-order chi connectivity index (χ1) is 13.5. The van der Waals surface area contributed by atoms with Gasteiger partial charge in [-0.3, -0.25) is 9.20 Å². The Bertz CT molecular complexity index is 1130. The molecule has 4 rings (SSSR count). The fourth-order valence-electron chi connectivity index (χ4n) is 3.15. The molecule has 0 aliphatic carbocycles. The first kappa shape index (κ1) is 18.6. The number of nitrogens with zero attached hydrogens (tertiary/aromatic N) is 3. The Morgan fingerprint density at radius 3 is 2.75 bits per heavy atom. The van der Waals surface area contributed by atoms with Crippen LogP contribution < -0.4 is 5.32 Å². The third-order valence-electron chi connectivity index (χ3n) is 4.69. The van der Waals surface area contributed by atoms with Crippen LogP contribution in [-0.4, -0.2) is 25.8 Å². The van der Waals surface area contributed by atoms with Crippen LogP contribution in [0.15, 0.2) is 52.2 Å². The van der Waals surface area contributed by atoms with Crippen LogP contribution in [0, 0.1) is 13.8 Å². The van der Waals surface area contributed by atoms with Gasteiger partial charge in [-0.15, -0.1) is 10.2 Å². The zero-order chi connectivity index (χ0) is 19.7. The molecule has 7 heteroatoms. The maximum atomic E-state index is 12.7. The van der Waals surface area contributed by atoms with Crippen molar-refractivity contribution in [1.29, 1.82) is 0 Å². The van der Waals surface area contributed by atoms with Gasteiger partial charge in [-0.2, -0.15) is 0 Å². The van der Waals surface area contributed by atoms with Crippen LogP contribution in [0.1, 0.15) is 30.2 Å². The number of amides is 1. The number of nitrogens with one attached hydrogen (secondary N) is 1. The molecule has 0 radical (unpaired) electrons. The molecule has 1 aromatic carbocycles. The Morgan fingerprint density at radius 1 is 1.21 bits per heavy atom. The molecule has 144 valence electrons. The average molecular weight is 395 g/mol. The first-order valence-corrected chi connectivity index (χ1v) is 10.2. The quantitative estimate of drug-likeness (QED) is 0.494. The summed E-state index contributed by atoms with van der Waals surface area (Å²) in [6.45, 7) is 6.49. The number of carbonyl (C=O) groups is 1. The van der Waals surface area contributed by atoms with Gasteiger partial charge in [0.2, 0.25) is 5.91 Å². The summed E-state index contributed by atoms with van der Waals surface area (Å²) in [4.78, 5) is 12.7. The standard InChI is InChI=1S/C21H22N4O2S/c1-4-19(20(26)22-11-15-7-5-13(2)6-8-15)28-21-17-10-18-16(9-14(3)27-18)25(17)12-23-24-21/h5-10,12,19H,4,11H2,1-3H3,(H,22,26). The van der Waals surface area contributed by atoms with Crippen LogP contribution in [-0.2, 0) is 11.3 Å². The van der Waals surface area contributed by atoms with Gasteiger partial charge in [-0.25, -0.2) is 0 Å². The van der Waals surface area contributed by atoms with E-state index in [1.165, 1.54) is 17.3 Å². The van der Waals surface area contributed by atoms with Crippen molar-refractivity contribution in [1.82, 2.24) is 19.9 Å². The smallest absolute Gasteiger partial charge is 0.233 e. The lowest BCUT2D eigenvalue weighted by molar-refractivity contribution is -0.120. The molecule has 1 atom stereocenters. The zero-order valence-corrected chi connectivity index (χ0v) is 16.9. The van der Waals surface area contributed by atoms with Gasteiger partial charge in [0.15, 0.2) is 5.58 Å². The monoisotopic (exact) mass is 394 g/mol. The molecule has 3 heterocycles. The van der Waals surface area contributed by atoms with Crippen molar-refractivity contribution in [3.8, 4) is 0 Å².